The lowest BCUT2D eigenvalue weighted by Gasteiger charge is -2.47. The van der Waals surface area contributed by atoms with Gasteiger partial charge in [-0.15, -0.1) is 11.6 Å². The van der Waals surface area contributed by atoms with Crippen LogP contribution in [-0.2, 0) is 9.59 Å². The number of hydrogen-bond donors (Lipinski definition) is 1. The summed E-state index contributed by atoms with van der Waals surface area (Å²) in [6.07, 6.45) is 3.01. The average Bonchev–Trinajstić information content (AvgIpc) is 3.49. The maximum absolute atomic E-state index is 15.8. The van der Waals surface area contributed by atoms with E-state index in [-0.39, 0.29) is 41.7 Å². The Balaban J connectivity index is 0.825. The van der Waals surface area contributed by atoms with Crippen molar-refractivity contribution in [1.29, 1.82) is 0 Å². The number of hydrogen-bond acceptors (Lipinski definition) is 8. The molecule has 4 aliphatic heterocycles. The number of benzene rings is 4. The highest BCUT2D eigenvalue weighted by atomic mass is 35.5. The van der Waals surface area contributed by atoms with Crippen LogP contribution in [0.3, 0.4) is 0 Å². The number of carbonyl (C=O) groups excluding carboxylic acids is 4. The van der Waals surface area contributed by atoms with Gasteiger partial charge in [0, 0.05) is 50.6 Å². The third-order valence-corrected chi connectivity index (χ3v) is 12.8. The van der Waals surface area contributed by atoms with Gasteiger partial charge in [0.05, 0.1) is 16.8 Å². The molecule has 3 atom stereocenters. The van der Waals surface area contributed by atoms with Crippen molar-refractivity contribution in [3.63, 3.8) is 0 Å². The molecule has 3 unspecified atom stereocenters. The van der Waals surface area contributed by atoms with Crippen molar-refractivity contribution in [3.05, 3.63) is 131 Å². The highest BCUT2D eigenvalue weighted by Crippen LogP contribution is 2.37. The van der Waals surface area contributed by atoms with E-state index in [1.54, 1.807) is 0 Å². The number of rotatable bonds is 13. The van der Waals surface area contributed by atoms with Crippen molar-refractivity contribution < 1.29 is 28.3 Å². The number of halogens is 2. The average molecular weight is 846 g/mol. The van der Waals surface area contributed by atoms with Crippen molar-refractivity contribution in [2.45, 2.75) is 64.1 Å². The molecular formula is C49H53ClFN5O5. The number of piperazine rings is 1. The van der Waals surface area contributed by atoms with Crippen LogP contribution in [0.15, 0.2) is 97.1 Å². The molecule has 3 saturated heterocycles. The second-order valence-electron chi connectivity index (χ2n) is 16.8. The number of allylic oxidation sites excluding steroid dienone is 1. The van der Waals surface area contributed by atoms with Crippen LogP contribution in [0.2, 0.25) is 0 Å². The van der Waals surface area contributed by atoms with Crippen LogP contribution < -0.4 is 15.0 Å². The second-order valence-corrected chi connectivity index (χ2v) is 17.2. The van der Waals surface area contributed by atoms with Crippen LogP contribution >= 0.6 is 11.6 Å². The molecule has 4 aromatic carbocycles. The molecule has 0 aliphatic carbocycles. The number of fused-ring (bicyclic) bond motifs is 1. The van der Waals surface area contributed by atoms with Gasteiger partial charge in [0.1, 0.15) is 24.2 Å². The molecule has 0 saturated carbocycles. The van der Waals surface area contributed by atoms with Crippen LogP contribution in [-0.4, -0.2) is 108 Å². The fourth-order valence-electron chi connectivity index (χ4n) is 9.77. The number of likely N-dealkylation sites (tertiary alicyclic amines) is 1. The summed E-state index contributed by atoms with van der Waals surface area (Å²) in [5, 5.41) is 2.20. The van der Waals surface area contributed by atoms with E-state index in [1.807, 2.05) is 17.0 Å². The minimum Gasteiger partial charge on any atom is -0.492 e. The predicted molar refractivity (Wildman–Crippen MR) is 236 cm³/mol. The second kappa shape index (κ2) is 18.7. The third-order valence-electron chi connectivity index (χ3n) is 12.7. The normalized spacial score (nSPS) is 22.0. The van der Waals surface area contributed by atoms with Crippen molar-refractivity contribution in [2.75, 3.05) is 56.7 Å². The van der Waals surface area contributed by atoms with Crippen LogP contribution in [0.4, 0.5) is 10.1 Å². The molecule has 3 fully saturated rings. The van der Waals surface area contributed by atoms with E-state index >= 15 is 4.39 Å². The van der Waals surface area contributed by atoms with Crippen LogP contribution in [0.5, 0.6) is 5.75 Å². The van der Waals surface area contributed by atoms with Gasteiger partial charge in [0.2, 0.25) is 11.8 Å². The molecule has 0 radical (unpaired) electrons. The number of imide groups is 2. The fraction of sp³-hybridized carbons (Fsp3) is 0.388. The number of nitrogens with zero attached hydrogens (tertiary/aromatic N) is 4. The zero-order valence-electron chi connectivity index (χ0n) is 34.8. The molecule has 61 heavy (non-hydrogen) atoms. The summed E-state index contributed by atoms with van der Waals surface area (Å²) < 4.78 is 22.1. The Labute approximate surface area is 362 Å². The molecule has 0 aromatic heterocycles. The van der Waals surface area contributed by atoms with E-state index in [1.165, 1.54) is 22.8 Å². The lowest BCUT2D eigenvalue weighted by molar-refractivity contribution is -0.136. The Bertz CT molecular complexity index is 2270. The summed E-state index contributed by atoms with van der Waals surface area (Å²) >= 11 is 6.35. The molecule has 1 N–H and O–H groups in total. The van der Waals surface area contributed by atoms with Gasteiger partial charge in [-0.25, -0.2) is 4.39 Å². The minimum atomic E-state index is -1.10. The van der Waals surface area contributed by atoms with E-state index in [4.69, 9.17) is 16.3 Å². The van der Waals surface area contributed by atoms with Gasteiger partial charge in [-0.2, -0.15) is 0 Å². The van der Waals surface area contributed by atoms with E-state index in [2.05, 4.69) is 102 Å². The number of carbonyl (C=O) groups is 4. The Morgan fingerprint density at radius 3 is 2.00 bits per heavy atom. The number of alkyl halides is 1. The van der Waals surface area contributed by atoms with Crippen molar-refractivity contribution in [3.8, 4) is 5.75 Å². The molecule has 4 aliphatic rings. The predicted octanol–water partition coefficient (Wildman–Crippen LogP) is 7.50. The molecule has 8 rings (SSSR count). The topological polar surface area (TPSA) is 102 Å². The van der Waals surface area contributed by atoms with Crippen molar-refractivity contribution in [2.24, 2.45) is 5.92 Å². The first-order chi connectivity index (χ1) is 29.6. The first kappa shape index (κ1) is 42.3. The van der Waals surface area contributed by atoms with Gasteiger partial charge in [-0.1, -0.05) is 72.8 Å². The molecule has 4 heterocycles. The Hall–Kier alpha value is -5.36. The summed E-state index contributed by atoms with van der Waals surface area (Å²) in [6.45, 7) is 10.1. The van der Waals surface area contributed by atoms with Crippen LogP contribution in [0.25, 0.3) is 11.1 Å². The highest BCUT2D eigenvalue weighted by molar-refractivity contribution is 6.24. The first-order valence-electron chi connectivity index (χ1n) is 21.5. The summed E-state index contributed by atoms with van der Waals surface area (Å²) in [4.78, 5) is 58.8. The van der Waals surface area contributed by atoms with E-state index in [0.29, 0.717) is 18.4 Å². The molecule has 318 valence electrons. The minimum absolute atomic E-state index is 0.0235. The van der Waals surface area contributed by atoms with Gasteiger partial charge in [0.25, 0.3) is 11.8 Å². The molecule has 0 spiro atoms. The first-order valence-corrected chi connectivity index (χ1v) is 22.0. The largest absolute Gasteiger partial charge is 0.492 e. The number of piperidine rings is 2. The maximum Gasteiger partial charge on any atom is 0.262 e. The Morgan fingerprint density at radius 2 is 1.38 bits per heavy atom. The van der Waals surface area contributed by atoms with Gasteiger partial charge in [0.15, 0.2) is 0 Å². The van der Waals surface area contributed by atoms with Gasteiger partial charge >= 0.3 is 0 Å². The monoisotopic (exact) mass is 845 g/mol. The van der Waals surface area contributed by atoms with Gasteiger partial charge < -0.3 is 9.64 Å². The third kappa shape index (κ3) is 9.15. The zero-order valence-corrected chi connectivity index (χ0v) is 35.6. The fourth-order valence-corrected chi connectivity index (χ4v) is 9.96. The van der Waals surface area contributed by atoms with Gasteiger partial charge in [-0.05, 0) is 111 Å². The highest BCUT2D eigenvalue weighted by Gasteiger charge is 2.46. The number of amides is 4. The SMILES string of the molecule is CC1CN(CC2CCN(CCOc3ccc(C(=C(CCCl)c4ccccc4)c4ccccc4)cc3)CC2)CC(C)N1c1cc2c(cc1F)C(=O)N(C1CCC(=O)NC1=O)C2=O. The summed E-state index contributed by atoms with van der Waals surface area (Å²) in [7, 11) is 0. The summed E-state index contributed by atoms with van der Waals surface area (Å²) in [5.74, 6) is -1.12. The van der Waals surface area contributed by atoms with Crippen LogP contribution in [0, 0.1) is 11.7 Å². The molecule has 12 heteroatoms. The quantitative estimate of drug-likeness (QED) is 0.0839. The molecular weight excluding hydrogens is 793 g/mol. The zero-order chi connectivity index (χ0) is 42.6. The molecule has 4 aromatic rings. The Morgan fingerprint density at radius 1 is 0.770 bits per heavy atom. The number of ether oxygens (including phenoxy) is 1. The van der Waals surface area contributed by atoms with E-state index in [0.717, 1.165) is 86.4 Å². The maximum atomic E-state index is 15.8. The Kier molecular flexibility index (Phi) is 13.0. The molecule has 10 nitrogen and oxygen atoms in total. The molecule has 4 amide bonds. The molecule has 0 bridgehead atoms. The number of anilines is 1. The summed E-state index contributed by atoms with van der Waals surface area (Å²) in [6, 6.07) is 30.8. The number of nitrogens with one attached hydrogen (secondary N) is 1. The lowest BCUT2D eigenvalue weighted by Crippen LogP contribution is -2.58. The van der Waals surface area contributed by atoms with E-state index < -0.39 is 35.5 Å². The van der Waals surface area contributed by atoms with Crippen molar-refractivity contribution >= 4 is 52.1 Å². The lowest BCUT2D eigenvalue weighted by atomic mass is 9.88. The van der Waals surface area contributed by atoms with Crippen LogP contribution in [0.1, 0.15) is 83.4 Å². The van der Waals surface area contributed by atoms with Gasteiger partial charge in [-0.3, -0.25) is 39.2 Å². The van der Waals surface area contributed by atoms with E-state index in [9.17, 15) is 19.2 Å². The standard InChI is InChI=1S/C49H53ClFN5O5/c1-32-29-54(30-33(2)55(32)44-28-41-40(27-42(44)51)48(59)56(49(41)60)43-17-18-45(57)52-47(43)58)31-34-20-23-53(24-21-34)25-26-61-38-15-13-37(14-16-38)46(36-11-7-4-8-12-36)39(19-22-50)35-9-5-3-6-10-35/h3-16,27-28,32-34,43H,17-26,29-31H2,1-2H3,(H,52,57,58). The summed E-state index contributed by atoms with van der Waals surface area (Å²) in [5.41, 5.74) is 6.16. The smallest absolute Gasteiger partial charge is 0.262 e. The van der Waals surface area contributed by atoms with Crippen molar-refractivity contribution in [1.82, 2.24) is 20.0 Å².